The topological polar surface area (TPSA) is 34.0 Å². The first-order valence-electron chi connectivity index (χ1n) is 6.13. The summed E-state index contributed by atoms with van der Waals surface area (Å²) in [5.41, 5.74) is 0.684. The molecule has 0 saturated heterocycles. The Bertz CT molecular complexity index is 405. The number of amides is 1. The summed E-state index contributed by atoms with van der Waals surface area (Å²) in [7, 11) is 1.88. The van der Waals surface area contributed by atoms with Crippen molar-refractivity contribution in [3.8, 4) is 0 Å². The molecule has 0 saturated carbocycles. The Morgan fingerprint density at radius 3 is 2.50 bits per heavy atom. The first kappa shape index (κ1) is 15.6. The molecule has 0 fully saturated rings. The van der Waals surface area contributed by atoms with E-state index in [9.17, 15) is 4.79 Å². The third kappa shape index (κ3) is 3.54. The van der Waals surface area contributed by atoms with Crippen LogP contribution in [0, 0.1) is 0 Å². The summed E-state index contributed by atoms with van der Waals surface area (Å²) >= 11 is 5.21. The molecule has 102 valence electrons. The standard InChI is InChI=1S/C13H21BrN2OS/c1-5-13(6-2,18-4)9-15-12(17)11-7-10(14)8-16(11)3/h7-8H,5-6,9H2,1-4H3,(H,15,17). The van der Waals surface area contributed by atoms with Crippen molar-refractivity contribution in [3.05, 3.63) is 22.4 Å². The van der Waals surface area contributed by atoms with E-state index in [4.69, 9.17) is 0 Å². The van der Waals surface area contributed by atoms with Crippen LogP contribution in [0.25, 0.3) is 0 Å². The van der Waals surface area contributed by atoms with Gasteiger partial charge in [-0.05, 0) is 41.1 Å². The zero-order valence-electron chi connectivity index (χ0n) is 11.4. The van der Waals surface area contributed by atoms with E-state index in [1.807, 2.05) is 35.6 Å². The number of rotatable bonds is 6. The van der Waals surface area contributed by atoms with Gasteiger partial charge in [-0.15, -0.1) is 0 Å². The molecule has 0 radical (unpaired) electrons. The zero-order valence-corrected chi connectivity index (χ0v) is 13.8. The second-order valence-corrected chi connectivity index (χ2v) is 6.62. The Kier molecular flexibility index (Phi) is 5.79. The van der Waals surface area contributed by atoms with Crippen molar-refractivity contribution in [1.82, 2.24) is 9.88 Å². The molecule has 5 heteroatoms. The van der Waals surface area contributed by atoms with Crippen LogP contribution in [-0.2, 0) is 7.05 Å². The van der Waals surface area contributed by atoms with Crippen LogP contribution < -0.4 is 5.32 Å². The van der Waals surface area contributed by atoms with Gasteiger partial charge in [-0.25, -0.2) is 0 Å². The van der Waals surface area contributed by atoms with Crippen molar-refractivity contribution < 1.29 is 4.79 Å². The van der Waals surface area contributed by atoms with Crippen LogP contribution in [-0.4, -0.2) is 28.0 Å². The summed E-state index contributed by atoms with van der Waals surface area (Å²) in [5, 5.41) is 3.05. The van der Waals surface area contributed by atoms with E-state index in [2.05, 4.69) is 41.3 Å². The van der Waals surface area contributed by atoms with E-state index in [0.29, 0.717) is 12.2 Å². The molecule has 0 aliphatic carbocycles. The van der Waals surface area contributed by atoms with Gasteiger partial charge in [0.1, 0.15) is 5.69 Å². The van der Waals surface area contributed by atoms with Crippen molar-refractivity contribution in [2.75, 3.05) is 12.8 Å². The molecule has 1 rings (SSSR count). The molecule has 0 spiro atoms. The predicted octanol–water partition coefficient (Wildman–Crippen LogP) is 3.44. The summed E-state index contributed by atoms with van der Waals surface area (Å²) in [6.45, 7) is 5.05. The highest BCUT2D eigenvalue weighted by atomic mass is 79.9. The van der Waals surface area contributed by atoms with Crippen LogP contribution in [0.15, 0.2) is 16.7 Å². The van der Waals surface area contributed by atoms with Crippen molar-refractivity contribution in [2.24, 2.45) is 7.05 Å². The second kappa shape index (κ2) is 6.66. The molecule has 1 amide bonds. The fourth-order valence-corrected chi connectivity index (χ4v) is 3.26. The average molecular weight is 333 g/mol. The quantitative estimate of drug-likeness (QED) is 0.865. The van der Waals surface area contributed by atoms with E-state index < -0.39 is 0 Å². The molecule has 0 bridgehead atoms. The lowest BCUT2D eigenvalue weighted by atomic mass is 10.0. The summed E-state index contributed by atoms with van der Waals surface area (Å²) in [4.78, 5) is 12.1. The molecular weight excluding hydrogens is 312 g/mol. The molecule has 0 atom stereocenters. The number of halogens is 1. The minimum Gasteiger partial charge on any atom is -0.349 e. The van der Waals surface area contributed by atoms with Crippen LogP contribution in [0.2, 0.25) is 0 Å². The lowest BCUT2D eigenvalue weighted by molar-refractivity contribution is 0.0941. The SMILES string of the molecule is CCC(CC)(CNC(=O)c1cc(Br)cn1C)SC. The largest absolute Gasteiger partial charge is 0.349 e. The highest BCUT2D eigenvalue weighted by Crippen LogP contribution is 2.29. The van der Waals surface area contributed by atoms with Crippen molar-refractivity contribution in [2.45, 2.75) is 31.4 Å². The smallest absolute Gasteiger partial charge is 0.267 e. The van der Waals surface area contributed by atoms with Gasteiger partial charge in [0, 0.05) is 29.0 Å². The van der Waals surface area contributed by atoms with Crippen molar-refractivity contribution >= 4 is 33.6 Å². The minimum atomic E-state index is -0.0106. The molecule has 1 aromatic heterocycles. The lowest BCUT2D eigenvalue weighted by Crippen LogP contribution is -2.40. The Morgan fingerprint density at radius 2 is 2.11 bits per heavy atom. The number of aryl methyl sites for hydroxylation is 1. The maximum atomic E-state index is 12.1. The fraction of sp³-hybridized carbons (Fsp3) is 0.615. The number of carbonyl (C=O) groups excluding carboxylic acids is 1. The second-order valence-electron chi connectivity index (χ2n) is 4.43. The fourth-order valence-electron chi connectivity index (χ4n) is 1.94. The van der Waals surface area contributed by atoms with Crippen molar-refractivity contribution in [3.63, 3.8) is 0 Å². The van der Waals surface area contributed by atoms with E-state index in [-0.39, 0.29) is 10.7 Å². The number of thioether (sulfide) groups is 1. The Balaban J connectivity index is 2.69. The number of carbonyl (C=O) groups is 1. The summed E-state index contributed by atoms with van der Waals surface area (Å²) in [5.74, 6) is -0.0106. The molecule has 0 aliphatic heterocycles. The molecule has 3 nitrogen and oxygen atoms in total. The Hall–Kier alpha value is -0.420. The monoisotopic (exact) mass is 332 g/mol. The first-order valence-corrected chi connectivity index (χ1v) is 8.15. The molecule has 1 N–H and O–H groups in total. The lowest BCUT2D eigenvalue weighted by Gasteiger charge is -2.29. The summed E-state index contributed by atoms with van der Waals surface area (Å²) in [6.07, 6.45) is 6.11. The maximum absolute atomic E-state index is 12.1. The molecule has 18 heavy (non-hydrogen) atoms. The Labute approximate surface area is 122 Å². The molecular formula is C13H21BrN2OS. The zero-order chi connectivity index (χ0) is 13.8. The summed E-state index contributed by atoms with van der Waals surface area (Å²) < 4.78 is 2.91. The highest BCUT2D eigenvalue weighted by molar-refractivity contribution is 9.10. The van der Waals surface area contributed by atoms with Gasteiger partial charge in [0.05, 0.1) is 0 Å². The minimum absolute atomic E-state index is 0.0106. The van der Waals surface area contributed by atoms with Gasteiger partial charge in [-0.2, -0.15) is 11.8 Å². The number of nitrogens with one attached hydrogen (secondary N) is 1. The van der Waals surface area contributed by atoms with Gasteiger partial charge in [0.2, 0.25) is 0 Å². The average Bonchev–Trinajstić information content (AvgIpc) is 2.70. The highest BCUT2D eigenvalue weighted by Gasteiger charge is 2.26. The normalized spacial score (nSPS) is 11.6. The number of hydrogen-bond donors (Lipinski definition) is 1. The van der Waals surface area contributed by atoms with Gasteiger partial charge in [0.15, 0.2) is 0 Å². The van der Waals surface area contributed by atoms with Gasteiger partial charge in [-0.3, -0.25) is 4.79 Å². The van der Waals surface area contributed by atoms with Gasteiger partial charge < -0.3 is 9.88 Å². The van der Waals surface area contributed by atoms with Crippen LogP contribution in [0.5, 0.6) is 0 Å². The molecule has 1 heterocycles. The number of aromatic nitrogens is 1. The van der Waals surface area contributed by atoms with E-state index in [1.54, 1.807) is 0 Å². The molecule has 0 aromatic carbocycles. The van der Waals surface area contributed by atoms with Crippen LogP contribution in [0.3, 0.4) is 0 Å². The maximum Gasteiger partial charge on any atom is 0.267 e. The third-order valence-corrected chi connectivity index (χ3v) is 5.52. The molecule has 1 aromatic rings. The summed E-state index contributed by atoms with van der Waals surface area (Å²) in [6, 6.07) is 1.84. The van der Waals surface area contributed by atoms with Crippen LogP contribution in [0.1, 0.15) is 37.2 Å². The van der Waals surface area contributed by atoms with Gasteiger partial charge >= 0.3 is 0 Å². The third-order valence-electron chi connectivity index (χ3n) is 3.50. The molecule has 0 unspecified atom stereocenters. The van der Waals surface area contributed by atoms with E-state index in [1.165, 1.54) is 0 Å². The van der Waals surface area contributed by atoms with Gasteiger partial charge in [-0.1, -0.05) is 13.8 Å². The van der Waals surface area contributed by atoms with E-state index >= 15 is 0 Å². The van der Waals surface area contributed by atoms with Crippen LogP contribution in [0.4, 0.5) is 0 Å². The predicted molar refractivity (Wildman–Crippen MR) is 82.3 cm³/mol. The first-order chi connectivity index (χ1) is 8.48. The molecule has 0 aliphatic rings. The van der Waals surface area contributed by atoms with E-state index in [0.717, 1.165) is 17.3 Å². The van der Waals surface area contributed by atoms with Crippen LogP contribution >= 0.6 is 27.7 Å². The number of nitrogens with zero attached hydrogens (tertiary/aromatic N) is 1. The van der Waals surface area contributed by atoms with Gasteiger partial charge in [0.25, 0.3) is 5.91 Å². The van der Waals surface area contributed by atoms with Crippen molar-refractivity contribution in [1.29, 1.82) is 0 Å². The number of hydrogen-bond acceptors (Lipinski definition) is 2. The Morgan fingerprint density at radius 1 is 1.50 bits per heavy atom.